The molecule has 1 N–H and O–H groups in total. The number of rotatable bonds is 6. The number of nitrogens with one attached hydrogen (secondary N) is 1. The summed E-state index contributed by atoms with van der Waals surface area (Å²) >= 11 is 1.54. The number of hydrogen-bond acceptors (Lipinski definition) is 5. The number of aromatic nitrogens is 1. The molecule has 1 aromatic heterocycles. The molecule has 0 bridgehead atoms. The molecule has 0 aromatic carbocycles. The van der Waals surface area contributed by atoms with E-state index in [1.807, 2.05) is 5.38 Å². The highest BCUT2D eigenvalue weighted by atomic mass is 32.2. The summed E-state index contributed by atoms with van der Waals surface area (Å²) in [4.78, 5) is 17.4. The molecule has 2 aliphatic carbocycles. The van der Waals surface area contributed by atoms with Crippen LogP contribution in [0.5, 0.6) is 0 Å². The van der Waals surface area contributed by atoms with Crippen molar-refractivity contribution in [1.29, 1.82) is 0 Å². The van der Waals surface area contributed by atoms with Gasteiger partial charge in [-0.3, -0.25) is 4.79 Å². The molecule has 4 rings (SSSR count). The summed E-state index contributed by atoms with van der Waals surface area (Å²) in [5.41, 5.74) is 0.562. The Morgan fingerprint density at radius 3 is 2.50 bits per heavy atom. The second-order valence-corrected chi connectivity index (χ2v) is 11.7. The molecule has 2 saturated carbocycles. The van der Waals surface area contributed by atoms with Crippen LogP contribution < -0.4 is 5.32 Å². The monoisotopic (exact) mass is 425 g/mol. The van der Waals surface area contributed by atoms with Crippen LogP contribution in [0.15, 0.2) is 5.38 Å². The largest absolute Gasteiger partial charge is 0.345 e. The van der Waals surface area contributed by atoms with Crippen LogP contribution in [-0.2, 0) is 10.0 Å². The summed E-state index contributed by atoms with van der Waals surface area (Å²) in [6, 6.07) is 0. The third-order valence-corrected chi connectivity index (χ3v) is 9.74. The maximum absolute atomic E-state index is 12.8. The third kappa shape index (κ3) is 4.14. The van der Waals surface area contributed by atoms with Crippen molar-refractivity contribution >= 4 is 27.3 Å². The van der Waals surface area contributed by atoms with E-state index in [1.54, 1.807) is 22.6 Å². The van der Waals surface area contributed by atoms with Crippen molar-refractivity contribution in [3.8, 4) is 0 Å². The van der Waals surface area contributed by atoms with E-state index in [0.29, 0.717) is 24.7 Å². The number of carbonyl (C=O) groups excluding carboxylic acids is 1. The van der Waals surface area contributed by atoms with E-state index >= 15 is 0 Å². The number of amides is 1. The molecule has 0 spiro atoms. The molecule has 8 heteroatoms. The summed E-state index contributed by atoms with van der Waals surface area (Å²) in [5, 5.41) is 6.17. The fourth-order valence-corrected chi connectivity index (χ4v) is 6.96. The predicted molar refractivity (Wildman–Crippen MR) is 111 cm³/mol. The third-order valence-electron chi connectivity index (χ3n) is 6.85. The average molecular weight is 426 g/mol. The SMILES string of the molecule is CCS(=O)(=O)N1CCC(c2nc(C(=O)NC3(C4CCCCC4)CC3)cs2)CC1. The standard InChI is InChI=1S/C20H31N3O3S2/c1-2-28(25,26)23-12-8-15(9-13-23)19-21-17(14-27-19)18(24)22-20(10-11-20)16-6-4-3-5-7-16/h14-16H,2-13H2,1H3,(H,22,24). The highest BCUT2D eigenvalue weighted by molar-refractivity contribution is 7.89. The number of carbonyl (C=O) groups is 1. The first-order valence-electron chi connectivity index (χ1n) is 10.7. The Morgan fingerprint density at radius 2 is 1.89 bits per heavy atom. The Balaban J connectivity index is 1.35. The molecule has 0 atom stereocenters. The fourth-order valence-electron chi connectivity index (χ4n) is 4.86. The van der Waals surface area contributed by atoms with Gasteiger partial charge in [-0.05, 0) is 51.4 Å². The molecular formula is C20H31N3O3S2. The first-order chi connectivity index (χ1) is 13.4. The Hall–Kier alpha value is -0.990. The van der Waals surface area contributed by atoms with Crippen molar-refractivity contribution in [1.82, 2.24) is 14.6 Å². The maximum atomic E-state index is 12.8. The Labute approximate surface area is 172 Å². The Morgan fingerprint density at radius 1 is 1.21 bits per heavy atom. The van der Waals surface area contributed by atoms with Crippen LogP contribution >= 0.6 is 11.3 Å². The van der Waals surface area contributed by atoms with E-state index in [0.717, 1.165) is 30.7 Å². The lowest BCUT2D eigenvalue weighted by Crippen LogP contribution is -2.43. The highest BCUT2D eigenvalue weighted by Crippen LogP contribution is 2.48. The minimum atomic E-state index is -3.11. The number of piperidine rings is 1. The lowest BCUT2D eigenvalue weighted by Gasteiger charge is -2.31. The van der Waals surface area contributed by atoms with Gasteiger partial charge < -0.3 is 5.32 Å². The van der Waals surface area contributed by atoms with Crippen LogP contribution in [0.4, 0.5) is 0 Å². The topological polar surface area (TPSA) is 79.4 Å². The van der Waals surface area contributed by atoms with Gasteiger partial charge in [0.15, 0.2) is 0 Å². The van der Waals surface area contributed by atoms with Gasteiger partial charge in [0.1, 0.15) is 5.69 Å². The van der Waals surface area contributed by atoms with E-state index in [1.165, 1.54) is 32.1 Å². The van der Waals surface area contributed by atoms with Gasteiger partial charge in [0.25, 0.3) is 5.91 Å². The zero-order chi connectivity index (χ0) is 19.8. The van der Waals surface area contributed by atoms with E-state index in [2.05, 4.69) is 10.3 Å². The highest BCUT2D eigenvalue weighted by Gasteiger charge is 2.50. The van der Waals surface area contributed by atoms with E-state index in [9.17, 15) is 13.2 Å². The van der Waals surface area contributed by atoms with Crippen LogP contribution in [0.2, 0.25) is 0 Å². The number of hydrogen-bond donors (Lipinski definition) is 1. The first kappa shape index (κ1) is 20.3. The smallest absolute Gasteiger partial charge is 0.271 e. The Kier molecular flexibility index (Phi) is 5.82. The van der Waals surface area contributed by atoms with Gasteiger partial charge in [0.2, 0.25) is 10.0 Å². The van der Waals surface area contributed by atoms with Gasteiger partial charge in [-0.1, -0.05) is 19.3 Å². The molecular weight excluding hydrogens is 394 g/mol. The lowest BCUT2D eigenvalue weighted by atomic mass is 9.82. The van der Waals surface area contributed by atoms with Crippen molar-refractivity contribution in [2.75, 3.05) is 18.8 Å². The molecule has 3 aliphatic rings. The number of sulfonamides is 1. The van der Waals surface area contributed by atoms with Crippen molar-refractivity contribution in [3.05, 3.63) is 16.1 Å². The van der Waals surface area contributed by atoms with Crippen LogP contribution in [0, 0.1) is 5.92 Å². The maximum Gasteiger partial charge on any atom is 0.271 e. The van der Waals surface area contributed by atoms with Crippen molar-refractivity contribution in [2.24, 2.45) is 5.92 Å². The Bertz CT molecular complexity index is 802. The summed E-state index contributed by atoms with van der Waals surface area (Å²) in [6.07, 6.45) is 10.1. The van der Waals surface area contributed by atoms with Gasteiger partial charge >= 0.3 is 0 Å². The summed E-state index contributed by atoms with van der Waals surface area (Å²) in [5.74, 6) is 1.01. The number of thiazole rings is 1. The van der Waals surface area contributed by atoms with Gasteiger partial charge in [0, 0.05) is 29.9 Å². The molecule has 3 fully saturated rings. The van der Waals surface area contributed by atoms with Crippen LogP contribution in [-0.4, -0.2) is 48.0 Å². The first-order valence-corrected chi connectivity index (χ1v) is 13.2. The summed E-state index contributed by atoms with van der Waals surface area (Å²) < 4.78 is 25.6. The van der Waals surface area contributed by atoms with Crippen LogP contribution in [0.1, 0.15) is 86.1 Å². The van der Waals surface area contributed by atoms with Gasteiger partial charge in [-0.25, -0.2) is 17.7 Å². The molecule has 6 nitrogen and oxygen atoms in total. The number of nitrogens with zero attached hydrogens (tertiary/aromatic N) is 2. The van der Waals surface area contributed by atoms with Crippen molar-refractivity contribution in [3.63, 3.8) is 0 Å². The van der Waals surface area contributed by atoms with Gasteiger partial charge in [-0.15, -0.1) is 11.3 Å². The normalized spacial score (nSPS) is 24.2. The lowest BCUT2D eigenvalue weighted by molar-refractivity contribution is 0.0897. The second kappa shape index (κ2) is 8.03. The molecule has 1 aromatic rings. The minimum absolute atomic E-state index is 0.0289. The molecule has 1 amide bonds. The molecule has 0 unspecified atom stereocenters. The quantitative estimate of drug-likeness (QED) is 0.756. The van der Waals surface area contributed by atoms with E-state index < -0.39 is 10.0 Å². The second-order valence-electron chi connectivity index (χ2n) is 8.59. The molecule has 28 heavy (non-hydrogen) atoms. The zero-order valence-electron chi connectivity index (χ0n) is 16.7. The molecule has 1 saturated heterocycles. The van der Waals surface area contributed by atoms with Crippen molar-refractivity contribution in [2.45, 2.75) is 76.2 Å². The van der Waals surface area contributed by atoms with Gasteiger partial charge in [0.05, 0.1) is 10.8 Å². The fraction of sp³-hybridized carbons (Fsp3) is 0.800. The summed E-state index contributed by atoms with van der Waals surface area (Å²) in [7, 11) is -3.11. The predicted octanol–water partition coefficient (Wildman–Crippen LogP) is 3.51. The van der Waals surface area contributed by atoms with Crippen molar-refractivity contribution < 1.29 is 13.2 Å². The average Bonchev–Trinajstić information content (AvgIpc) is 3.33. The molecule has 2 heterocycles. The van der Waals surface area contributed by atoms with E-state index in [-0.39, 0.29) is 23.1 Å². The van der Waals surface area contributed by atoms with Gasteiger partial charge in [-0.2, -0.15) is 0 Å². The van der Waals surface area contributed by atoms with Crippen LogP contribution in [0.25, 0.3) is 0 Å². The van der Waals surface area contributed by atoms with E-state index in [4.69, 9.17) is 0 Å². The minimum Gasteiger partial charge on any atom is -0.345 e. The van der Waals surface area contributed by atoms with Crippen LogP contribution in [0.3, 0.4) is 0 Å². The summed E-state index contributed by atoms with van der Waals surface area (Å²) in [6.45, 7) is 2.78. The molecule has 1 aliphatic heterocycles. The zero-order valence-corrected chi connectivity index (χ0v) is 18.3. The molecule has 0 radical (unpaired) electrons. The molecule has 156 valence electrons.